The van der Waals surface area contributed by atoms with Crippen LogP contribution in [-0.4, -0.2) is 66.1 Å². The Labute approximate surface area is 328 Å². The number of halogens is 10. The first-order chi connectivity index (χ1) is 28.3. The molecular formula is C36H20F10N10O4. The second-order valence-corrected chi connectivity index (χ2v) is 12.2. The van der Waals surface area contributed by atoms with Crippen molar-refractivity contribution in [1.29, 1.82) is 0 Å². The van der Waals surface area contributed by atoms with Crippen LogP contribution in [0.2, 0.25) is 0 Å². The quantitative estimate of drug-likeness (QED) is 0.0276. The van der Waals surface area contributed by atoms with Gasteiger partial charge < -0.3 is 9.47 Å². The van der Waals surface area contributed by atoms with Crippen LogP contribution in [0.4, 0.5) is 43.9 Å². The number of aromatic nitrogens is 6. The molecule has 0 spiro atoms. The molecule has 4 aromatic carbocycles. The molecule has 2 unspecified atom stereocenters. The van der Waals surface area contributed by atoms with Crippen molar-refractivity contribution in [3.05, 3.63) is 131 Å². The van der Waals surface area contributed by atoms with Gasteiger partial charge in [0.25, 0.3) is 0 Å². The molecule has 0 aliphatic rings. The van der Waals surface area contributed by atoms with Crippen LogP contribution >= 0.6 is 0 Å². The number of ether oxygens (including phenoxy) is 2. The minimum absolute atomic E-state index is 0.120. The SMILES string of the molecule is [N-]=[N+]=NC(=O)C(c1ccc(-c2ncn(-c3ccc(OC(F)(F)C(F)(F)F)cc3)n2)cc1)C(N=C=O)c1ccc(-c2ncn(-c3ccc(OC(F)(F)C(F)(F)F)cc3)n2)cc1. The van der Waals surface area contributed by atoms with Gasteiger partial charge in [-0.2, -0.15) is 48.9 Å². The maximum Gasteiger partial charge on any atom is 0.499 e. The van der Waals surface area contributed by atoms with Crippen LogP contribution in [0.1, 0.15) is 23.1 Å². The van der Waals surface area contributed by atoms with Crippen molar-refractivity contribution in [2.24, 2.45) is 10.1 Å². The maximum absolute atomic E-state index is 13.3. The number of benzene rings is 4. The highest BCUT2D eigenvalue weighted by Crippen LogP contribution is 2.40. The van der Waals surface area contributed by atoms with Gasteiger partial charge in [0.2, 0.25) is 12.0 Å². The Balaban J connectivity index is 1.19. The Kier molecular flexibility index (Phi) is 11.5. The average molecular weight is 847 g/mol. The van der Waals surface area contributed by atoms with Gasteiger partial charge in [0.1, 0.15) is 30.2 Å². The van der Waals surface area contributed by atoms with Crippen LogP contribution < -0.4 is 9.47 Å². The van der Waals surface area contributed by atoms with Crippen molar-refractivity contribution >= 4 is 12.0 Å². The second-order valence-electron chi connectivity index (χ2n) is 12.2. The minimum atomic E-state index is -5.93. The summed E-state index contributed by atoms with van der Waals surface area (Å²) >= 11 is 0. The van der Waals surface area contributed by atoms with Crippen molar-refractivity contribution in [3.63, 3.8) is 0 Å². The third-order valence-electron chi connectivity index (χ3n) is 8.29. The van der Waals surface area contributed by atoms with Crippen LogP contribution in [0, 0.1) is 0 Å². The van der Waals surface area contributed by atoms with Crippen LogP contribution in [0.3, 0.4) is 0 Å². The first-order valence-corrected chi connectivity index (χ1v) is 16.5. The second kappa shape index (κ2) is 16.3. The number of hydrogen-bond acceptors (Lipinski definition) is 9. The number of aliphatic imine (C=N–C) groups is 1. The molecule has 14 nitrogen and oxygen atoms in total. The molecule has 0 aliphatic carbocycles. The fraction of sp³-hybridized carbons (Fsp3) is 0.167. The highest BCUT2D eigenvalue weighted by Gasteiger charge is 2.62. The van der Waals surface area contributed by atoms with E-state index in [9.17, 15) is 53.5 Å². The van der Waals surface area contributed by atoms with E-state index in [1.54, 1.807) is 0 Å². The normalized spacial score (nSPS) is 13.1. The predicted molar refractivity (Wildman–Crippen MR) is 185 cm³/mol. The summed E-state index contributed by atoms with van der Waals surface area (Å²) in [7, 11) is 0. The van der Waals surface area contributed by atoms with Gasteiger partial charge in [-0.3, -0.25) is 4.79 Å². The van der Waals surface area contributed by atoms with Crippen molar-refractivity contribution in [3.8, 4) is 45.6 Å². The molecule has 0 fully saturated rings. The van der Waals surface area contributed by atoms with Crippen molar-refractivity contribution in [2.75, 3.05) is 0 Å². The first-order valence-electron chi connectivity index (χ1n) is 16.5. The zero-order valence-electron chi connectivity index (χ0n) is 29.4. The van der Waals surface area contributed by atoms with E-state index < -0.39 is 53.9 Å². The Bertz CT molecular complexity index is 2560. The molecule has 2 aromatic heterocycles. The predicted octanol–water partition coefficient (Wildman–Crippen LogP) is 9.25. The summed E-state index contributed by atoms with van der Waals surface area (Å²) in [6.45, 7) is 0. The van der Waals surface area contributed by atoms with Crippen molar-refractivity contribution in [2.45, 2.75) is 36.5 Å². The van der Waals surface area contributed by atoms with E-state index in [0.717, 1.165) is 24.3 Å². The number of alkyl halides is 10. The van der Waals surface area contributed by atoms with E-state index in [1.165, 1.54) is 101 Å². The van der Waals surface area contributed by atoms with Crippen molar-refractivity contribution < 1.29 is 63.0 Å². The molecule has 60 heavy (non-hydrogen) atoms. The number of nitrogens with zero attached hydrogens (tertiary/aromatic N) is 10. The Morgan fingerprint density at radius 1 is 0.633 bits per heavy atom. The van der Waals surface area contributed by atoms with E-state index in [4.69, 9.17) is 5.53 Å². The standard InChI is InChI=1S/C36H20F10N10O4/c37-33(38,39)35(43,44)59-26-13-9-24(10-14-26)55-17-48-30(52-55)22-5-1-20(2-6-22)28(32(58)51-54-47)29(50-19-57)21-3-7-23(8-4-21)31-49-18-56(53-31)25-11-15-27(16-12-25)60-36(45,46)34(40,41)42/h1-18,28-29H. The number of azide groups is 1. The summed E-state index contributed by atoms with van der Waals surface area (Å²) in [6.07, 6.45) is -18.8. The van der Waals surface area contributed by atoms with E-state index >= 15 is 0 Å². The number of carbonyl (C=O) groups is 1. The van der Waals surface area contributed by atoms with Crippen molar-refractivity contribution in [1.82, 2.24) is 29.5 Å². The average Bonchev–Trinajstić information content (AvgIpc) is 3.89. The lowest BCUT2D eigenvalue weighted by molar-refractivity contribution is -0.360. The zero-order chi connectivity index (χ0) is 43.5. The van der Waals surface area contributed by atoms with E-state index in [0.29, 0.717) is 11.1 Å². The van der Waals surface area contributed by atoms with Gasteiger partial charge >= 0.3 is 24.6 Å². The molecule has 24 heteroatoms. The molecule has 1 amide bonds. The molecule has 0 saturated carbocycles. The summed E-state index contributed by atoms with van der Waals surface area (Å²) < 4.78 is 138. The fourth-order valence-corrected chi connectivity index (χ4v) is 5.42. The first kappa shape index (κ1) is 42.0. The van der Waals surface area contributed by atoms with Gasteiger partial charge in [-0.05, 0) is 70.3 Å². The lowest BCUT2D eigenvalue weighted by Crippen LogP contribution is -2.41. The van der Waals surface area contributed by atoms with Crippen LogP contribution in [0.15, 0.2) is 120 Å². The highest BCUT2D eigenvalue weighted by molar-refractivity contribution is 5.86. The molecule has 0 bridgehead atoms. The van der Waals surface area contributed by atoms with E-state index in [-0.39, 0.29) is 34.2 Å². The number of carbonyl (C=O) groups excluding carboxylic acids is 2. The van der Waals surface area contributed by atoms with Gasteiger partial charge in [0, 0.05) is 16.0 Å². The summed E-state index contributed by atoms with van der Waals surface area (Å²) in [6, 6.07) is 18.8. The highest BCUT2D eigenvalue weighted by atomic mass is 19.4. The van der Waals surface area contributed by atoms with E-state index in [1.807, 2.05) is 0 Å². The Hall–Kier alpha value is -7.58. The van der Waals surface area contributed by atoms with Gasteiger partial charge in [-0.1, -0.05) is 48.5 Å². The Morgan fingerprint density at radius 3 is 1.40 bits per heavy atom. The zero-order valence-corrected chi connectivity index (χ0v) is 29.4. The lowest BCUT2D eigenvalue weighted by Gasteiger charge is -2.21. The molecule has 0 saturated heterocycles. The van der Waals surface area contributed by atoms with Gasteiger partial charge in [-0.25, -0.2) is 24.1 Å². The number of amides is 1. The maximum atomic E-state index is 13.3. The third-order valence-corrected chi connectivity index (χ3v) is 8.29. The van der Waals surface area contributed by atoms with Gasteiger partial charge in [0.05, 0.1) is 17.3 Å². The molecule has 2 atom stereocenters. The van der Waals surface area contributed by atoms with Gasteiger partial charge in [-0.15, -0.1) is 10.2 Å². The molecular weight excluding hydrogens is 826 g/mol. The molecule has 6 aromatic rings. The largest absolute Gasteiger partial charge is 0.499 e. The van der Waals surface area contributed by atoms with Crippen LogP contribution in [0.5, 0.6) is 11.5 Å². The Morgan fingerprint density at radius 2 is 1.03 bits per heavy atom. The molecule has 308 valence electrons. The fourth-order valence-electron chi connectivity index (χ4n) is 5.42. The molecule has 6 rings (SSSR count). The number of rotatable bonds is 13. The van der Waals surface area contributed by atoms with Gasteiger partial charge in [0.15, 0.2) is 11.6 Å². The molecule has 0 N–H and O–H groups in total. The van der Waals surface area contributed by atoms with Crippen LogP contribution in [-0.2, 0) is 9.59 Å². The smallest absolute Gasteiger partial charge is 0.426 e. The third kappa shape index (κ3) is 9.09. The summed E-state index contributed by atoms with van der Waals surface area (Å²) in [4.78, 5) is 39.6. The summed E-state index contributed by atoms with van der Waals surface area (Å²) in [5, 5.41) is 11.8. The number of isocyanates is 1. The minimum Gasteiger partial charge on any atom is -0.426 e. The molecule has 2 heterocycles. The van der Waals surface area contributed by atoms with Crippen LogP contribution in [0.25, 0.3) is 44.6 Å². The van der Waals surface area contributed by atoms with E-state index in [2.05, 4.69) is 44.7 Å². The monoisotopic (exact) mass is 846 g/mol. The topological polar surface area (TPSA) is 175 Å². The summed E-state index contributed by atoms with van der Waals surface area (Å²) in [5.41, 5.74) is 10.8. The summed E-state index contributed by atoms with van der Waals surface area (Å²) in [5.74, 6) is -3.64. The number of hydrogen-bond donors (Lipinski definition) is 0. The molecule has 0 aliphatic heterocycles. The molecule has 0 radical (unpaired) electrons. The lowest BCUT2D eigenvalue weighted by atomic mass is 9.86.